The number of esters is 1. The van der Waals surface area contributed by atoms with Crippen LogP contribution in [0.1, 0.15) is 91.1 Å². The third kappa shape index (κ3) is 9.16. The average molecular weight is 616 g/mol. The largest absolute Gasteiger partial charge is 0.481 e. The van der Waals surface area contributed by atoms with Crippen LogP contribution < -0.4 is 5.32 Å². The molecule has 45 heavy (non-hydrogen) atoms. The van der Waals surface area contributed by atoms with Crippen LogP contribution in [-0.2, 0) is 33.6 Å². The predicted molar refractivity (Wildman–Crippen MR) is 176 cm³/mol. The molecule has 0 saturated carbocycles. The van der Waals surface area contributed by atoms with E-state index in [9.17, 15) is 9.59 Å². The van der Waals surface area contributed by atoms with Crippen LogP contribution in [-0.4, -0.2) is 70.0 Å². The van der Waals surface area contributed by atoms with Crippen molar-refractivity contribution >= 4 is 17.8 Å². The number of rotatable bonds is 15. The lowest BCUT2D eigenvalue weighted by Crippen LogP contribution is -2.28. The van der Waals surface area contributed by atoms with Gasteiger partial charge >= 0.3 is 11.9 Å². The molecule has 2 atom stereocenters. The number of fused-ring (bicyclic) bond motifs is 1. The van der Waals surface area contributed by atoms with Crippen molar-refractivity contribution in [3.05, 3.63) is 70.2 Å². The molecule has 2 aliphatic rings. The fourth-order valence-corrected chi connectivity index (χ4v) is 6.93. The van der Waals surface area contributed by atoms with Crippen molar-refractivity contribution in [2.24, 2.45) is 5.92 Å². The van der Waals surface area contributed by atoms with Crippen LogP contribution in [0.15, 0.2) is 36.4 Å². The van der Waals surface area contributed by atoms with Crippen molar-refractivity contribution in [1.82, 2.24) is 19.7 Å². The number of pyridine rings is 1. The number of aliphatic carboxylic acids is 1. The summed E-state index contributed by atoms with van der Waals surface area (Å²) in [7, 11) is 1.46. The number of ether oxygens (including phenoxy) is 1. The zero-order chi connectivity index (χ0) is 31.8. The number of unbranched alkanes of at least 4 members (excludes halogenated alkanes) is 2. The number of aryl methyl sites for hydroxylation is 5. The quantitative estimate of drug-likeness (QED) is 0.158. The van der Waals surface area contributed by atoms with Crippen LogP contribution in [0.25, 0.3) is 5.69 Å². The normalized spacial score (nSPS) is 17.1. The molecule has 1 saturated heterocycles. The molecule has 2 aromatic heterocycles. The molecule has 3 aromatic rings. The van der Waals surface area contributed by atoms with E-state index in [0.29, 0.717) is 18.8 Å². The molecule has 4 heterocycles. The van der Waals surface area contributed by atoms with Crippen LogP contribution in [0.4, 0.5) is 5.82 Å². The van der Waals surface area contributed by atoms with Gasteiger partial charge < -0.3 is 20.1 Å². The Balaban J connectivity index is 1.28. The Morgan fingerprint density at radius 1 is 1.11 bits per heavy atom. The highest BCUT2D eigenvalue weighted by Gasteiger charge is 2.27. The van der Waals surface area contributed by atoms with Gasteiger partial charge in [0.1, 0.15) is 5.82 Å². The molecule has 9 nitrogen and oxygen atoms in total. The van der Waals surface area contributed by atoms with Crippen molar-refractivity contribution in [1.29, 1.82) is 0 Å². The van der Waals surface area contributed by atoms with Crippen LogP contribution in [0, 0.1) is 19.8 Å². The zero-order valence-electron chi connectivity index (χ0n) is 27.2. The number of nitrogens with zero attached hydrogens (tertiary/aromatic N) is 4. The van der Waals surface area contributed by atoms with Gasteiger partial charge in [-0.25, -0.2) is 9.67 Å². The number of anilines is 1. The molecular formula is C36H49N5O4. The molecule has 1 aromatic carbocycles. The first kappa shape index (κ1) is 32.7. The van der Waals surface area contributed by atoms with Gasteiger partial charge in [-0.2, -0.15) is 5.10 Å². The summed E-state index contributed by atoms with van der Waals surface area (Å²) in [6.45, 7) is 7.91. The summed E-state index contributed by atoms with van der Waals surface area (Å²) in [5.74, 6) is 0.727. The Morgan fingerprint density at radius 2 is 1.98 bits per heavy atom. The van der Waals surface area contributed by atoms with E-state index in [-0.39, 0.29) is 18.3 Å². The first-order chi connectivity index (χ1) is 21.8. The summed E-state index contributed by atoms with van der Waals surface area (Å²) in [5, 5.41) is 17.2. The lowest BCUT2D eigenvalue weighted by Gasteiger charge is -2.25. The van der Waals surface area contributed by atoms with Gasteiger partial charge in [0.2, 0.25) is 0 Å². The molecule has 2 N–H and O–H groups in total. The zero-order valence-corrected chi connectivity index (χ0v) is 27.2. The molecule has 2 aliphatic heterocycles. The topological polar surface area (TPSA) is 110 Å². The van der Waals surface area contributed by atoms with Crippen molar-refractivity contribution in [3.8, 4) is 5.69 Å². The average Bonchev–Trinajstić information content (AvgIpc) is 3.63. The Bertz CT molecular complexity index is 1470. The monoisotopic (exact) mass is 615 g/mol. The molecule has 0 bridgehead atoms. The molecule has 0 radical (unpaired) electrons. The summed E-state index contributed by atoms with van der Waals surface area (Å²) in [4.78, 5) is 31.0. The van der Waals surface area contributed by atoms with Crippen LogP contribution >= 0.6 is 0 Å². The molecular weight excluding hydrogens is 566 g/mol. The first-order valence-corrected chi connectivity index (χ1v) is 16.7. The summed E-state index contributed by atoms with van der Waals surface area (Å²) in [6, 6.07) is 13.1. The Kier molecular flexibility index (Phi) is 11.3. The smallest absolute Gasteiger partial charge is 0.306 e. The molecule has 1 fully saturated rings. The molecule has 0 unspecified atom stereocenters. The van der Waals surface area contributed by atoms with E-state index >= 15 is 0 Å². The fraction of sp³-hybridized carbons (Fsp3) is 0.556. The van der Waals surface area contributed by atoms with Crippen molar-refractivity contribution in [2.45, 2.75) is 90.4 Å². The highest BCUT2D eigenvalue weighted by Crippen LogP contribution is 2.30. The van der Waals surface area contributed by atoms with Gasteiger partial charge in [0.15, 0.2) is 0 Å². The van der Waals surface area contributed by atoms with Gasteiger partial charge in [0, 0.05) is 43.4 Å². The standard InChI is InChI=1S/C36H49N5O4/c1-25-18-26(2)41(39-25)33-20-28(8-5-4-6-10-34(42)43)19-30(21-33)31(22-35(44)45-3)24-40-17-15-27(23-40)11-13-32-14-12-29-9-7-16-37-36(29)38-32/h12,14,18-21,27,31H,4-11,13,15-17,22-24H2,1-3H3,(H,37,38)(H,42,43)/t27-,31-/m1/s1. The number of likely N-dealkylation sites (tertiary alicyclic amines) is 1. The van der Waals surface area contributed by atoms with Crippen molar-refractivity contribution < 1.29 is 19.4 Å². The molecule has 0 aliphatic carbocycles. The highest BCUT2D eigenvalue weighted by atomic mass is 16.5. The second kappa shape index (κ2) is 15.5. The minimum atomic E-state index is -0.744. The maximum Gasteiger partial charge on any atom is 0.306 e. The molecule has 242 valence electrons. The highest BCUT2D eigenvalue weighted by molar-refractivity contribution is 5.70. The molecule has 0 amide bonds. The maximum absolute atomic E-state index is 12.7. The van der Waals surface area contributed by atoms with E-state index in [1.54, 1.807) is 0 Å². The number of carbonyl (C=O) groups is 2. The Labute approximate surface area is 267 Å². The minimum absolute atomic E-state index is 0.00716. The van der Waals surface area contributed by atoms with E-state index in [1.165, 1.54) is 30.4 Å². The number of methoxy groups -OCH3 is 1. The summed E-state index contributed by atoms with van der Waals surface area (Å²) in [5.41, 5.74) is 7.84. The van der Waals surface area contributed by atoms with Gasteiger partial charge in [0.25, 0.3) is 0 Å². The van der Waals surface area contributed by atoms with Crippen LogP contribution in [0.5, 0.6) is 0 Å². The van der Waals surface area contributed by atoms with Gasteiger partial charge in [-0.3, -0.25) is 9.59 Å². The minimum Gasteiger partial charge on any atom is -0.481 e. The second-order valence-electron chi connectivity index (χ2n) is 13.0. The van der Waals surface area contributed by atoms with Gasteiger partial charge in [-0.1, -0.05) is 18.6 Å². The van der Waals surface area contributed by atoms with E-state index in [0.717, 1.165) is 99.6 Å². The predicted octanol–water partition coefficient (Wildman–Crippen LogP) is 6.03. The SMILES string of the molecule is COC(=O)C[C@H](CN1CC[C@@H](CCc2ccc3c(n2)NCCC3)C1)c1cc(CCCCCC(=O)O)cc(-n2nc(C)cc2C)c1. The van der Waals surface area contributed by atoms with Gasteiger partial charge in [0.05, 0.1) is 24.9 Å². The van der Waals surface area contributed by atoms with Crippen LogP contribution in [0.2, 0.25) is 0 Å². The lowest BCUT2D eigenvalue weighted by atomic mass is 9.91. The number of carboxylic acids is 1. The molecule has 5 rings (SSSR count). The number of aromatic nitrogens is 3. The Hall–Kier alpha value is -3.72. The maximum atomic E-state index is 12.7. The summed E-state index contributed by atoms with van der Waals surface area (Å²) < 4.78 is 7.14. The second-order valence-corrected chi connectivity index (χ2v) is 13.0. The number of nitrogens with one attached hydrogen (secondary N) is 1. The number of carboxylic acid groups (broad SMARTS) is 1. The van der Waals surface area contributed by atoms with E-state index in [1.807, 2.05) is 11.6 Å². The Morgan fingerprint density at radius 3 is 2.76 bits per heavy atom. The number of hydrogen-bond donors (Lipinski definition) is 2. The summed E-state index contributed by atoms with van der Waals surface area (Å²) >= 11 is 0. The van der Waals surface area contributed by atoms with Crippen molar-refractivity contribution in [3.63, 3.8) is 0 Å². The van der Waals surface area contributed by atoms with E-state index < -0.39 is 5.97 Å². The molecule has 9 heteroatoms. The van der Waals surface area contributed by atoms with E-state index in [2.05, 4.69) is 53.5 Å². The van der Waals surface area contributed by atoms with Crippen molar-refractivity contribution in [2.75, 3.05) is 38.6 Å². The van der Waals surface area contributed by atoms with Crippen LogP contribution in [0.3, 0.4) is 0 Å². The fourth-order valence-electron chi connectivity index (χ4n) is 6.93. The lowest BCUT2D eigenvalue weighted by molar-refractivity contribution is -0.141. The van der Waals surface area contributed by atoms with Gasteiger partial charge in [-0.15, -0.1) is 0 Å². The molecule has 0 spiro atoms. The third-order valence-electron chi connectivity index (χ3n) is 9.33. The third-order valence-corrected chi connectivity index (χ3v) is 9.33. The first-order valence-electron chi connectivity index (χ1n) is 16.7. The van der Waals surface area contributed by atoms with E-state index in [4.69, 9.17) is 19.9 Å². The van der Waals surface area contributed by atoms with Gasteiger partial charge in [-0.05, 0) is 119 Å². The number of hydrogen-bond acceptors (Lipinski definition) is 7. The number of benzene rings is 1. The summed E-state index contributed by atoms with van der Waals surface area (Å²) in [6.07, 6.45) is 9.37. The number of carbonyl (C=O) groups excluding carboxylic acids is 1.